The van der Waals surface area contributed by atoms with Crippen molar-refractivity contribution in [2.75, 3.05) is 21.3 Å². The van der Waals surface area contributed by atoms with E-state index in [1.807, 2.05) is 31.2 Å². The Bertz CT molecular complexity index is 597. The number of hydrogen-bond donors (Lipinski definition) is 1. The summed E-state index contributed by atoms with van der Waals surface area (Å²) in [4.78, 5) is 0. The summed E-state index contributed by atoms with van der Waals surface area (Å²) in [6.07, 6.45) is -0.833. The molecule has 0 saturated heterocycles. The van der Waals surface area contributed by atoms with Gasteiger partial charge in [-0.05, 0) is 12.5 Å². The molecular formula is C17H20O4. The molecule has 0 radical (unpaired) electrons. The van der Waals surface area contributed by atoms with Crippen molar-refractivity contribution in [2.45, 2.75) is 13.0 Å². The molecule has 2 aromatic carbocycles. The van der Waals surface area contributed by atoms with Crippen LogP contribution in [0, 0.1) is 6.92 Å². The number of benzene rings is 2. The summed E-state index contributed by atoms with van der Waals surface area (Å²) in [5.41, 5.74) is 2.46. The molecule has 0 heterocycles. The summed E-state index contributed by atoms with van der Waals surface area (Å²) in [5, 5.41) is 10.7. The molecule has 0 spiro atoms. The standard InChI is InChI=1S/C17H20O4/c1-11-6-5-7-12(8-11)17(18)16-14(20-3)9-13(19-2)10-15(16)21-4/h5-10,17-18H,1-4H3. The normalized spacial score (nSPS) is 11.9. The maximum absolute atomic E-state index is 10.7. The largest absolute Gasteiger partial charge is 0.496 e. The molecule has 4 nitrogen and oxygen atoms in total. The number of aliphatic hydroxyl groups is 1. The third-order valence-electron chi connectivity index (χ3n) is 3.38. The van der Waals surface area contributed by atoms with Crippen LogP contribution in [-0.2, 0) is 0 Å². The molecular weight excluding hydrogens is 268 g/mol. The molecule has 0 fully saturated rings. The molecule has 112 valence electrons. The predicted molar refractivity (Wildman–Crippen MR) is 81.3 cm³/mol. The van der Waals surface area contributed by atoms with E-state index in [4.69, 9.17) is 14.2 Å². The maximum atomic E-state index is 10.7. The van der Waals surface area contributed by atoms with Crippen molar-refractivity contribution in [3.8, 4) is 17.2 Å². The summed E-state index contributed by atoms with van der Waals surface area (Å²) < 4.78 is 16.0. The highest BCUT2D eigenvalue weighted by Crippen LogP contribution is 2.40. The summed E-state index contributed by atoms with van der Waals surface area (Å²) in [6.45, 7) is 1.98. The summed E-state index contributed by atoms with van der Waals surface area (Å²) >= 11 is 0. The van der Waals surface area contributed by atoms with Gasteiger partial charge in [-0.15, -0.1) is 0 Å². The molecule has 2 aromatic rings. The summed E-state index contributed by atoms with van der Waals surface area (Å²) in [5.74, 6) is 1.67. The molecule has 1 atom stereocenters. The zero-order valence-corrected chi connectivity index (χ0v) is 12.7. The van der Waals surface area contributed by atoms with E-state index in [1.54, 1.807) is 33.5 Å². The van der Waals surface area contributed by atoms with Crippen LogP contribution >= 0.6 is 0 Å². The van der Waals surface area contributed by atoms with Crippen LogP contribution < -0.4 is 14.2 Å². The maximum Gasteiger partial charge on any atom is 0.132 e. The van der Waals surface area contributed by atoms with Gasteiger partial charge in [-0.3, -0.25) is 0 Å². The van der Waals surface area contributed by atoms with E-state index < -0.39 is 6.10 Å². The summed E-state index contributed by atoms with van der Waals surface area (Å²) in [6, 6.07) is 11.2. The van der Waals surface area contributed by atoms with Crippen molar-refractivity contribution in [1.82, 2.24) is 0 Å². The number of aryl methyl sites for hydroxylation is 1. The molecule has 21 heavy (non-hydrogen) atoms. The first kappa shape index (κ1) is 15.2. The second-order valence-electron chi connectivity index (χ2n) is 4.76. The Morgan fingerprint density at radius 3 is 2.00 bits per heavy atom. The van der Waals surface area contributed by atoms with E-state index in [0.717, 1.165) is 11.1 Å². The van der Waals surface area contributed by atoms with E-state index in [-0.39, 0.29) is 0 Å². The first-order chi connectivity index (χ1) is 10.1. The van der Waals surface area contributed by atoms with Crippen LogP contribution in [-0.4, -0.2) is 26.4 Å². The van der Waals surface area contributed by atoms with Gasteiger partial charge in [0.25, 0.3) is 0 Å². The topological polar surface area (TPSA) is 47.9 Å². The van der Waals surface area contributed by atoms with Gasteiger partial charge >= 0.3 is 0 Å². The van der Waals surface area contributed by atoms with E-state index in [2.05, 4.69) is 0 Å². The van der Waals surface area contributed by atoms with Crippen LogP contribution in [0.25, 0.3) is 0 Å². The van der Waals surface area contributed by atoms with Crippen LogP contribution in [0.2, 0.25) is 0 Å². The molecule has 0 aliphatic heterocycles. The lowest BCUT2D eigenvalue weighted by Gasteiger charge is -2.19. The number of hydrogen-bond acceptors (Lipinski definition) is 4. The Morgan fingerprint density at radius 1 is 0.905 bits per heavy atom. The van der Waals surface area contributed by atoms with Crippen LogP contribution in [0.15, 0.2) is 36.4 Å². The lowest BCUT2D eigenvalue weighted by Crippen LogP contribution is -2.06. The van der Waals surface area contributed by atoms with Crippen LogP contribution in [0.1, 0.15) is 22.8 Å². The van der Waals surface area contributed by atoms with Crippen molar-refractivity contribution < 1.29 is 19.3 Å². The van der Waals surface area contributed by atoms with Gasteiger partial charge in [-0.2, -0.15) is 0 Å². The van der Waals surface area contributed by atoms with Crippen LogP contribution in [0.5, 0.6) is 17.2 Å². The number of ether oxygens (including phenoxy) is 3. The van der Waals surface area contributed by atoms with Crippen molar-refractivity contribution in [2.24, 2.45) is 0 Å². The molecule has 1 unspecified atom stereocenters. The minimum Gasteiger partial charge on any atom is -0.496 e. The zero-order chi connectivity index (χ0) is 15.4. The minimum absolute atomic E-state index is 0.528. The lowest BCUT2D eigenvalue weighted by molar-refractivity contribution is 0.208. The van der Waals surface area contributed by atoms with Gasteiger partial charge in [0.1, 0.15) is 23.4 Å². The smallest absolute Gasteiger partial charge is 0.132 e. The predicted octanol–water partition coefficient (Wildman–Crippen LogP) is 3.10. The third kappa shape index (κ3) is 3.11. The molecule has 0 amide bonds. The highest BCUT2D eigenvalue weighted by atomic mass is 16.5. The lowest BCUT2D eigenvalue weighted by atomic mass is 9.98. The number of aliphatic hydroxyl groups excluding tert-OH is 1. The molecule has 4 heteroatoms. The number of rotatable bonds is 5. The second-order valence-corrected chi connectivity index (χ2v) is 4.76. The van der Waals surface area contributed by atoms with Gasteiger partial charge in [0, 0.05) is 12.1 Å². The van der Waals surface area contributed by atoms with E-state index in [1.165, 1.54) is 0 Å². The Kier molecular flexibility index (Phi) is 4.70. The average molecular weight is 288 g/mol. The quantitative estimate of drug-likeness (QED) is 0.918. The molecule has 1 N–H and O–H groups in total. The fourth-order valence-electron chi connectivity index (χ4n) is 2.31. The molecule has 0 saturated carbocycles. The van der Waals surface area contributed by atoms with Crippen molar-refractivity contribution in [3.63, 3.8) is 0 Å². The Hall–Kier alpha value is -2.20. The van der Waals surface area contributed by atoms with Crippen molar-refractivity contribution >= 4 is 0 Å². The van der Waals surface area contributed by atoms with Gasteiger partial charge in [0.05, 0.1) is 26.9 Å². The molecule has 2 rings (SSSR count). The highest BCUT2D eigenvalue weighted by Gasteiger charge is 2.22. The first-order valence-corrected chi connectivity index (χ1v) is 6.65. The van der Waals surface area contributed by atoms with E-state index in [0.29, 0.717) is 22.8 Å². The fourth-order valence-corrected chi connectivity index (χ4v) is 2.31. The molecule has 0 bridgehead atoms. The third-order valence-corrected chi connectivity index (χ3v) is 3.38. The Balaban J connectivity index is 2.55. The zero-order valence-electron chi connectivity index (χ0n) is 12.7. The van der Waals surface area contributed by atoms with Gasteiger partial charge in [-0.1, -0.05) is 29.8 Å². The fraction of sp³-hybridized carbons (Fsp3) is 0.294. The Labute approximate surface area is 124 Å². The van der Waals surface area contributed by atoms with Gasteiger partial charge in [-0.25, -0.2) is 0 Å². The van der Waals surface area contributed by atoms with Gasteiger partial charge < -0.3 is 19.3 Å². The second kappa shape index (κ2) is 6.50. The van der Waals surface area contributed by atoms with E-state index in [9.17, 15) is 5.11 Å². The SMILES string of the molecule is COc1cc(OC)c(C(O)c2cccc(C)c2)c(OC)c1. The van der Waals surface area contributed by atoms with Crippen LogP contribution in [0.3, 0.4) is 0 Å². The monoisotopic (exact) mass is 288 g/mol. The van der Waals surface area contributed by atoms with Crippen molar-refractivity contribution in [1.29, 1.82) is 0 Å². The van der Waals surface area contributed by atoms with Gasteiger partial charge in [0.15, 0.2) is 0 Å². The number of methoxy groups -OCH3 is 3. The van der Waals surface area contributed by atoms with Crippen LogP contribution in [0.4, 0.5) is 0 Å². The summed E-state index contributed by atoms with van der Waals surface area (Å²) in [7, 11) is 4.69. The molecule has 0 aromatic heterocycles. The highest BCUT2D eigenvalue weighted by molar-refractivity contribution is 5.54. The van der Waals surface area contributed by atoms with Crippen molar-refractivity contribution in [3.05, 3.63) is 53.1 Å². The minimum atomic E-state index is -0.833. The van der Waals surface area contributed by atoms with E-state index >= 15 is 0 Å². The first-order valence-electron chi connectivity index (χ1n) is 6.65. The average Bonchev–Trinajstić information content (AvgIpc) is 2.52. The molecule has 0 aliphatic rings. The molecule has 0 aliphatic carbocycles. The Morgan fingerprint density at radius 2 is 1.52 bits per heavy atom. The van der Waals surface area contributed by atoms with Gasteiger partial charge in [0.2, 0.25) is 0 Å².